The van der Waals surface area contributed by atoms with E-state index in [1.54, 1.807) is 12.1 Å². The molecule has 0 radical (unpaired) electrons. The Morgan fingerprint density at radius 3 is 2.71 bits per heavy atom. The Balaban J connectivity index is 1.95. The van der Waals surface area contributed by atoms with Crippen molar-refractivity contribution >= 4 is 11.9 Å². The van der Waals surface area contributed by atoms with Gasteiger partial charge in [0.15, 0.2) is 23.4 Å². The number of benzene rings is 1. The highest BCUT2D eigenvalue weighted by Gasteiger charge is 2.16. The van der Waals surface area contributed by atoms with E-state index in [1.807, 2.05) is 13.8 Å². The molecule has 1 aromatic rings. The number of aliphatic imine (C=N–C) groups is 2. The minimum absolute atomic E-state index is 0.0203. The van der Waals surface area contributed by atoms with Gasteiger partial charge in [-0.25, -0.2) is 9.98 Å². The number of phenolic OH excluding ortho intramolecular Hbond substituents is 2. The predicted octanol–water partition coefficient (Wildman–Crippen LogP) is 0.281. The molecular weight excluding hydrogens is 270 g/mol. The number of nitrogens with one attached hydrogen (secondary N) is 2. The molecule has 21 heavy (non-hydrogen) atoms. The molecule has 114 valence electrons. The Morgan fingerprint density at radius 1 is 1.24 bits per heavy atom. The maximum Gasteiger partial charge on any atom is 0.198 e. The van der Waals surface area contributed by atoms with Crippen LogP contribution in [-0.4, -0.2) is 40.8 Å². The zero-order chi connectivity index (χ0) is 15.4. The highest BCUT2D eigenvalue weighted by molar-refractivity contribution is 5.98. The van der Waals surface area contributed by atoms with Gasteiger partial charge in [0.2, 0.25) is 0 Å². The number of para-hydroxylation sites is 1. The van der Waals surface area contributed by atoms with Gasteiger partial charge in [-0.1, -0.05) is 12.1 Å². The van der Waals surface area contributed by atoms with Crippen molar-refractivity contribution in [3.63, 3.8) is 0 Å². The number of hydrogen-bond donors (Lipinski definition) is 5. The normalized spacial score (nSPS) is 21.8. The maximum atomic E-state index is 9.74. The summed E-state index contributed by atoms with van der Waals surface area (Å²) in [6.07, 6.45) is 0.544. The van der Waals surface area contributed by atoms with E-state index < -0.39 is 0 Å². The SMILES string of the molecule is CC1N=C(N)NC(NCCc2cccc(O)c2O)=NC1C. The first kappa shape index (κ1) is 15.0. The van der Waals surface area contributed by atoms with E-state index in [4.69, 9.17) is 5.73 Å². The summed E-state index contributed by atoms with van der Waals surface area (Å²) in [5, 5.41) is 25.2. The summed E-state index contributed by atoms with van der Waals surface area (Å²) in [7, 11) is 0. The van der Waals surface area contributed by atoms with Gasteiger partial charge in [0, 0.05) is 6.54 Å². The van der Waals surface area contributed by atoms with Crippen LogP contribution in [-0.2, 0) is 6.42 Å². The number of nitrogens with zero attached hydrogens (tertiary/aromatic N) is 2. The van der Waals surface area contributed by atoms with Crippen molar-refractivity contribution in [2.24, 2.45) is 15.7 Å². The molecule has 2 atom stereocenters. The van der Waals surface area contributed by atoms with Gasteiger partial charge in [-0.15, -0.1) is 0 Å². The fraction of sp³-hybridized carbons (Fsp3) is 0.429. The van der Waals surface area contributed by atoms with E-state index in [0.29, 0.717) is 30.4 Å². The lowest BCUT2D eigenvalue weighted by Crippen LogP contribution is -2.44. The number of guanidine groups is 2. The van der Waals surface area contributed by atoms with Crippen LogP contribution in [0.15, 0.2) is 28.2 Å². The van der Waals surface area contributed by atoms with Gasteiger partial charge in [-0.05, 0) is 31.9 Å². The highest BCUT2D eigenvalue weighted by Crippen LogP contribution is 2.28. The van der Waals surface area contributed by atoms with Crippen LogP contribution in [0.3, 0.4) is 0 Å². The molecule has 0 aliphatic carbocycles. The van der Waals surface area contributed by atoms with E-state index in [-0.39, 0.29) is 23.6 Å². The van der Waals surface area contributed by atoms with E-state index in [1.165, 1.54) is 6.07 Å². The van der Waals surface area contributed by atoms with Crippen LogP contribution in [0.5, 0.6) is 11.5 Å². The third-order valence-electron chi connectivity index (χ3n) is 3.41. The lowest BCUT2D eigenvalue weighted by atomic mass is 10.1. The van der Waals surface area contributed by atoms with Gasteiger partial charge < -0.3 is 21.3 Å². The van der Waals surface area contributed by atoms with E-state index in [9.17, 15) is 10.2 Å². The van der Waals surface area contributed by atoms with Crippen LogP contribution in [0.2, 0.25) is 0 Å². The molecule has 7 nitrogen and oxygen atoms in total. The summed E-state index contributed by atoms with van der Waals surface area (Å²) < 4.78 is 0. The molecule has 1 aliphatic heterocycles. The smallest absolute Gasteiger partial charge is 0.198 e. The molecule has 2 unspecified atom stereocenters. The zero-order valence-electron chi connectivity index (χ0n) is 12.2. The molecule has 0 spiro atoms. The van der Waals surface area contributed by atoms with Crippen LogP contribution in [0.25, 0.3) is 0 Å². The van der Waals surface area contributed by atoms with Crippen molar-refractivity contribution in [3.8, 4) is 11.5 Å². The third-order valence-corrected chi connectivity index (χ3v) is 3.41. The van der Waals surface area contributed by atoms with Gasteiger partial charge in [-0.2, -0.15) is 0 Å². The van der Waals surface area contributed by atoms with Crippen LogP contribution < -0.4 is 16.4 Å². The monoisotopic (exact) mass is 291 g/mol. The molecule has 6 N–H and O–H groups in total. The first-order valence-electron chi connectivity index (χ1n) is 6.89. The van der Waals surface area contributed by atoms with Crippen molar-refractivity contribution < 1.29 is 10.2 Å². The molecule has 1 heterocycles. The van der Waals surface area contributed by atoms with E-state index >= 15 is 0 Å². The second-order valence-electron chi connectivity index (χ2n) is 5.06. The van der Waals surface area contributed by atoms with Crippen molar-refractivity contribution in [2.75, 3.05) is 6.54 Å². The highest BCUT2D eigenvalue weighted by atomic mass is 16.3. The first-order valence-corrected chi connectivity index (χ1v) is 6.89. The number of aromatic hydroxyl groups is 2. The summed E-state index contributed by atoms with van der Waals surface area (Å²) in [6, 6.07) is 4.95. The molecular formula is C14H21N5O2. The quantitative estimate of drug-likeness (QED) is 0.513. The van der Waals surface area contributed by atoms with E-state index in [0.717, 1.165) is 0 Å². The lowest BCUT2D eigenvalue weighted by Gasteiger charge is -2.12. The summed E-state index contributed by atoms with van der Waals surface area (Å²) >= 11 is 0. The van der Waals surface area contributed by atoms with Gasteiger partial charge in [0.1, 0.15) is 0 Å². The predicted molar refractivity (Wildman–Crippen MR) is 82.6 cm³/mol. The third kappa shape index (κ3) is 3.77. The molecule has 0 saturated carbocycles. The van der Waals surface area contributed by atoms with Crippen molar-refractivity contribution in [3.05, 3.63) is 23.8 Å². The summed E-state index contributed by atoms with van der Waals surface area (Å²) in [6.45, 7) is 4.46. The molecule has 1 aliphatic rings. The fourth-order valence-corrected chi connectivity index (χ4v) is 2.01. The van der Waals surface area contributed by atoms with Crippen LogP contribution >= 0.6 is 0 Å². The van der Waals surface area contributed by atoms with Gasteiger partial charge >= 0.3 is 0 Å². The Kier molecular flexibility index (Phi) is 4.52. The summed E-state index contributed by atoms with van der Waals surface area (Å²) in [5.74, 6) is 0.695. The minimum Gasteiger partial charge on any atom is -0.504 e. The molecule has 0 bridgehead atoms. The molecule has 1 aromatic carbocycles. The van der Waals surface area contributed by atoms with Gasteiger partial charge in [-0.3, -0.25) is 5.32 Å². The van der Waals surface area contributed by atoms with Crippen LogP contribution in [0.1, 0.15) is 19.4 Å². The molecule has 2 rings (SSSR count). The average Bonchev–Trinajstić information content (AvgIpc) is 2.54. The summed E-state index contributed by atoms with van der Waals surface area (Å²) in [5.41, 5.74) is 6.42. The van der Waals surface area contributed by atoms with Crippen molar-refractivity contribution in [1.82, 2.24) is 10.6 Å². The minimum atomic E-state index is -0.115. The van der Waals surface area contributed by atoms with Crippen LogP contribution in [0, 0.1) is 0 Å². The van der Waals surface area contributed by atoms with Crippen molar-refractivity contribution in [1.29, 1.82) is 0 Å². The van der Waals surface area contributed by atoms with Crippen LogP contribution in [0.4, 0.5) is 0 Å². The van der Waals surface area contributed by atoms with Gasteiger partial charge in [0.05, 0.1) is 12.1 Å². The lowest BCUT2D eigenvalue weighted by molar-refractivity contribution is 0.399. The maximum absolute atomic E-state index is 9.74. The van der Waals surface area contributed by atoms with E-state index in [2.05, 4.69) is 20.6 Å². The molecule has 0 amide bonds. The Labute approximate surface area is 123 Å². The Bertz CT molecular complexity index is 570. The largest absolute Gasteiger partial charge is 0.504 e. The number of nitrogens with two attached hydrogens (primary N) is 1. The Morgan fingerprint density at radius 2 is 1.95 bits per heavy atom. The van der Waals surface area contributed by atoms with Gasteiger partial charge in [0.25, 0.3) is 0 Å². The second-order valence-corrected chi connectivity index (χ2v) is 5.06. The number of phenols is 2. The molecule has 7 heteroatoms. The molecule has 0 fully saturated rings. The molecule has 0 aromatic heterocycles. The average molecular weight is 291 g/mol. The number of rotatable bonds is 3. The summed E-state index contributed by atoms with van der Waals surface area (Å²) in [4.78, 5) is 8.72. The zero-order valence-corrected chi connectivity index (χ0v) is 12.2. The number of hydrogen-bond acceptors (Lipinski definition) is 7. The second kappa shape index (κ2) is 6.34. The topological polar surface area (TPSA) is 115 Å². The Hall–Kier alpha value is -2.44. The van der Waals surface area contributed by atoms with Crippen molar-refractivity contribution in [2.45, 2.75) is 32.4 Å². The standard InChI is InChI=1S/C14H21N5O2/c1-8-9(2)18-14(19-13(15)17-8)16-7-6-10-4-3-5-11(20)12(10)21/h3-5,8-9,20-21H,6-7H2,1-2H3,(H4,15,16,17,18,19). The fourth-order valence-electron chi connectivity index (χ4n) is 2.01. The molecule has 0 saturated heterocycles. The first-order chi connectivity index (χ1) is 9.97.